The highest BCUT2D eigenvalue weighted by Gasteiger charge is 2.33. The van der Waals surface area contributed by atoms with Crippen molar-refractivity contribution in [3.05, 3.63) is 0 Å². The highest BCUT2D eigenvalue weighted by atomic mass is 16.4. The van der Waals surface area contributed by atoms with Gasteiger partial charge in [0.05, 0.1) is 39.6 Å². The molecule has 0 saturated heterocycles. The second-order valence-electron chi connectivity index (χ2n) is 14.1. The molecule has 24 atom stereocenters. The monoisotopic (exact) mass is 1080 g/mol. The summed E-state index contributed by atoms with van der Waals surface area (Å²) in [5.74, 6) is 0. The van der Waals surface area contributed by atoms with Gasteiger partial charge in [-0.1, -0.05) is 0 Å². The number of hydrogen-bond donors (Lipinski definition) is 30. The number of hydrogen-bond acceptors (Lipinski definition) is 36. The molecule has 72 heavy (non-hydrogen) atoms. The normalized spacial score (nSPS) is 21.1. The molecule has 432 valence electrons. The van der Waals surface area contributed by atoms with Crippen LogP contribution in [0.15, 0.2) is 0 Å². The summed E-state index contributed by atoms with van der Waals surface area (Å²) < 4.78 is 0. The van der Waals surface area contributed by atoms with Gasteiger partial charge in [-0.05, 0) is 0 Å². The molecule has 0 aliphatic rings. The van der Waals surface area contributed by atoms with Gasteiger partial charge in [-0.2, -0.15) is 0 Å². The van der Waals surface area contributed by atoms with Crippen molar-refractivity contribution in [2.45, 2.75) is 146 Å². The molecule has 36 nitrogen and oxygen atoms in total. The Morgan fingerprint density at radius 2 is 0.264 bits per heavy atom. The van der Waals surface area contributed by atoms with Crippen molar-refractivity contribution in [3.63, 3.8) is 0 Å². The predicted octanol–water partition coefficient (Wildman–Crippen LogP) is -20.3. The van der Waals surface area contributed by atoms with E-state index in [0.717, 1.165) is 0 Å². The van der Waals surface area contributed by atoms with Crippen LogP contribution in [0.4, 0.5) is 0 Å². The van der Waals surface area contributed by atoms with Crippen LogP contribution in [0.25, 0.3) is 0 Å². The van der Waals surface area contributed by atoms with Crippen molar-refractivity contribution in [1.82, 2.24) is 0 Å². The lowest BCUT2D eigenvalue weighted by atomic mass is 10.0. The summed E-state index contributed by atoms with van der Waals surface area (Å²) >= 11 is 0. The van der Waals surface area contributed by atoms with Crippen LogP contribution in [0.5, 0.6) is 0 Å². The molecule has 0 radical (unpaired) electrons. The molecular weight excluding hydrogens is 1010 g/mol. The van der Waals surface area contributed by atoms with Crippen molar-refractivity contribution >= 4 is 37.7 Å². The summed E-state index contributed by atoms with van der Waals surface area (Å²) in [6.07, 6.45) is -41.0. The Labute approximate surface area is 405 Å². The van der Waals surface area contributed by atoms with Gasteiger partial charge in [-0.25, -0.2) is 0 Å². The summed E-state index contributed by atoms with van der Waals surface area (Å²) in [5.41, 5.74) is 0. The Hall–Kier alpha value is -3.18. The minimum absolute atomic E-state index is 0.0258. The molecule has 0 rings (SSSR count). The lowest BCUT2D eigenvalue weighted by Gasteiger charge is -2.22. The summed E-state index contributed by atoms with van der Waals surface area (Å²) in [5, 5.41) is 261. The van der Waals surface area contributed by atoms with Gasteiger partial charge in [0.25, 0.3) is 0 Å². The summed E-state index contributed by atoms with van der Waals surface area (Å²) in [6, 6.07) is 0. The van der Waals surface area contributed by atoms with Crippen molar-refractivity contribution in [1.29, 1.82) is 0 Å². The molecule has 0 spiro atoms. The molecule has 0 aliphatic heterocycles. The van der Waals surface area contributed by atoms with Crippen molar-refractivity contribution in [2.24, 2.45) is 0 Å². The zero-order chi connectivity index (χ0) is 58.3. The fraction of sp³-hybridized carbons (Fsp3) is 0.833. The largest absolute Gasteiger partial charge is 0.394 e. The van der Waals surface area contributed by atoms with E-state index in [1.165, 1.54) is 0 Å². The summed E-state index contributed by atoms with van der Waals surface area (Å²) in [4.78, 5) is 59.4. The quantitative estimate of drug-likeness (QED) is 0.0297. The third-order valence-corrected chi connectivity index (χ3v) is 8.52. The van der Waals surface area contributed by atoms with Crippen molar-refractivity contribution in [3.8, 4) is 0 Å². The van der Waals surface area contributed by atoms with Gasteiger partial charge >= 0.3 is 0 Å². The minimum Gasteiger partial charge on any atom is -0.394 e. The van der Waals surface area contributed by atoms with Crippen LogP contribution < -0.4 is 0 Å². The first kappa shape index (κ1) is 80.2. The number of carbonyl (C=O) groups is 6. The third-order valence-electron chi connectivity index (χ3n) is 8.52. The molecule has 30 N–H and O–H groups in total. The first-order valence-corrected chi connectivity index (χ1v) is 20.0. The lowest BCUT2D eigenvalue weighted by Crippen LogP contribution is -2.46. The number of aliphatic hydroxyl groups is 30. The van der Waals surface area contributed by atoms with Crippen molar-refractivity contribution in [2.75, 3.05) is 39.6 Å². The Bertz CT molecular complexity index is 1080. The second kappa shape index (κ2) is 46.4. The van der Waals surface area contributed by atoms with Gasteiger partial charge in [0.1, 0.15) is 146 Å². The number of carbonyl (C=O) groups excluding carboxylic acids is 6. The zero-order valence-electron chi connectivity index (χ0n) is 37.4. The fourth-order valence-electron chi connectivity index (χ4n) is 3.71. The molecular formula is C36H72O36. The second-order valence-corrected chi connectivity index (χ2v) is 14.1. The molecule has 0 heterocycles. The van der Waals surface area contributed by atoms with E-state index in [4.69, 9.17) is 153 Å². The molecule has 0 bridgehead atoms. The van der Waals surface area contributed by atoms with Gasteiger partial charge in [0.15, 0.2) is 37.7 Å². The molecule has 0 unspecified atom stereocenters. The molecule has 0 fully saturated rings. The Morgan fingerprint density at radius 3 is 0.319 bits per heavy atom. The summed E-state index contributed by atoms with van der Waals surface area (Å²) in [6.45, 7) is -4.56. The van der Waals surface area contributed by atoms with Crippen LogP contribution in [0.2, 0.25) is 0 Å². The maximum absolute atomic E-state index is 9.90. The summed E-state index contributed by atoms with van der Waals surface area (Å²) in [7, 11) is 0. The molecule has 0 aliphatic carbocycles. The Balaban J connectivity index is -0.000000181. The van der Waals surface area contributed by atoms with E-state index in [1.807, 2.05) is 0 Å². The van der Waals surface area contributed by atoms with Crippen LogP contribution in [0.3, 0.4) is 0 Å². The minimum atomic E-state index is -1.79. The molecule has 36 heteroatoms. The van der Waals surface area contributed by atoms with Crippen LogP contribution in [-0.4, -0.2) is 377 Å². The molecule has 0 aromatic carbocycles. The van der Waals surface area contributed by atoms with Gasteiger partial charge in [0.2, 0.25) is 0 Å². The van der Waals surface area contributed by atoms with Gasteiger partial charge < -0.3 is 182 Å². The number of aldehydes is 6. The van der Waals surface area contributed by atoms with E-state index in [9.17, 15) is 28.8 Å². The van der Waals surface area contributed by atoms with Crippen molar-refractivity contribution < 1.29 is 182 Å². The highest BCUT2D eigenvalue weighted by Crippen LogP contribution is 2.07. The van der Waals surface area contributed by atoms with Crippen LogP contribution >= 0.6 is 0 Å². The van der Waals surface area contributed by atoms with Gasteiger partial charge in [-0.15, -0.1) is 0 Å². The van der Waals surface area contributed by atoms with E-state index >= 15 is 0 Å². The molecule has 0 amide bonds. The molecule has 0 aromatic heterocycles. The van der Waals surface area contributed by atoms with E-state index in [-0.39, 0.29) is 37.7 Å². The number of aliphatic hydroxyl groups excluding tert-OH is 30. The van der Waals surface area contributed by atoms with E-state index in [1.54, 1.807) is 0 Å². The topological polar surface area (TPSA) is 709 Å². The maximum atomic E-state index is 9.90. The third kappa shape index (κ3) is 33.6. The van der Waals surface area contributed by atoms with E-state index in [2.05, 4.69) is 0 Å². The van der Waals surface area contributed by atoms with Gasteiger partial charge in [0, 0.05) is 0 Å². The molecule has 0 saturated carbocycles. The van der Waals surface area contributed by atoms with Crippen LogP contribution in [0.1, 0.15) is 0 Å². The lowest BCUT2D eigenvalue weighted by molar-refractivity contribution is -0.136. The smallest absolute Gasteiger partial charge is 0.151 e. The Kier molecular flexibility index (Phi) is 51.6. The Morgan fingerprint density at radius 1 is 0.181 bits per heavy atom. The van der Waals surface area contributed by atoms with Gasteiger partial charge in [-0.3, -0.25) is 0 Å². The maximum Gasteiger partial charge on any atom is 0.151 e. The first-order valence-electron chi connectivity index (χ1n) is 20.0. The van der Waals surface area contributed by atoms with E-state index in [0.29, 0.717) is 0 Å². The standard InChI is InChI=1S/6C6H12O6/c6*7-1-3(9)5(11)6(12)4(10)2-8/h6*1,3-6,8-12H,2H2/t3-,4+,5+,6+;3-,4+,5+,6-;3-,4+,5-,6-;3-,4-,5+,6+;3-,4-,5-,6+;3-,4-,5-,6-/m000111/s1. The van der Waals surface area contributed by atoms with Crippen LogP contribution in [-0.2, 0) is 28.8 Å². The fourth-order valence-corrected chi connectivity index (χ4v) is 3.71. The predicted molar refractivity (Wildman–Crippen MR) is 223 cm³/mol. The van der Waals surface area contributed by atoms with Crippen LogP contribution in [0, 0.1) is 0 Å². The SMILES string of the molecule is O=C[C@@H](O)[C@@H](O)[C@@H](O)[C@H](O)CO.O=C[C@@H](O)[C@@H](O)[C@H](O)[C@H](O)CO.O=C[C@@H](O)[C@H](O)[C@@H](O)[C@H](O)CO.O=C[C@H](O)[C@@H](O)[C@@H](O)[C@H](O)CO.O=C[C@H](O)[C@@H](O)[C@H](O)[C@H](O)CO.O=C[C@H](O)[C@H](O)[C@@H](O)[C@H](O)CO. The highest BCUT2D eigenvalue weighted by molar-refractivity contribution is 5.58. The average Bonchev–Trinajstić information content (AvgIpc) is 3.42. The number of rotatable bonds is 30. The first-order chi connectivity index (χ1) is 33.2. The van der Waals surface area contributed by atoms with E-state index < -0.39 is 186 Å². The zero-order valence-corrected chi connectivity index (χ0v) is 37.4. The average molecular weight is 1080 g/mol. The molecule has 0 aromatic rings.